The van der Waals surface area contributed by atoms with Gasteiger partial charge in [0.1, 0.15) is 18.1 Å². The molecular formula is C18H19NO3. The Morgan fingerprint density at radius 3 is 2.64 bits per heavy atom. The molecule has 0 radical (unpaired) electrons. The van der Waals surface area contributed by atoms with Crippen LogP contribution in [0.3, 0.4) is 0 Å². The summed E-state index contributed by atoms with van der Waals surface area (Å²) in [4.78, 5) is 5.89. The molecule has 22 heavy (non-hydrogen) atoms. The number of benzene rings is 2. The summed E-state index contributed by atoms with van der Waals surface area (Å²) in [6.45, 7) is 1.24. The van der Waals surface area contributed by atoms with E-state index in [1.807, 2.05) is 36.4 Å². The third kappa shape index (κ3) is 1.84. The third-order valence-electron chi connectivity index (χ3n) is 4.78. The lowest BCUT2D eigenvalue weighted by Crippen LogP contribution is -2.44. The van der Waals surface area contributed by atoms with Gasteiger partial charge >= 0.3 is 0 Å². The Bertz CT molecular complexity index is 685. The van der Waals surface area contributed by atoms with Crippen molar-refractivity contribution >= 4 is 0 Å². The molecule has 0 spiro atoms. The smallest absolute Gasteiger partial charge is 0.124 e. The number of likely N-dealkylation sites (N-methyl/N-ethyl adjacent to an activating group) is 1. The van der Waals surface area contributed by atoms with Crippen LogP contribution in [0.1, 0.15) is 17.2 Å². The summed E-state index contributed by atoms with van der Waals surface area (Å²) in [5.74, 6) is 1.81. The van der Waals surface area contributed by atoms with Crippen LogP contribution in [0.2, 0.25) is 0 Å². The van der Waals surface area contributed by atoms with Gasteiger partial charge in [0.2, 0.25) is 0 Å². The van der Waals surface area contributed by atoms with Crippen LogP contribution in [0.4, 0.5) is 0 Å². The van der Waals surface area contributed by atoms with Crippen molar-refractivity contribution in [2.45, 2.75) is 11.5 Å². The summed E-state index contributed by atoms with van der Waals surface area (Å²) < 4.78 is 11.3. The van der Waals surface area contributed by atoms with Gasteiger partial charge in [0.05, 0.1) is 25.2 Å². The van der Waals surface area contributed by atoms with Crippen LogP contribution in [0.25, 0.3) is 0 Å². The van der Waals surface area contributed by atoms with Crippen molar-refractivity contribution in [3.63, 3.8) is 0 Å². The maximum Gasteiger partial charge on any atom is 0.124 e. The SMILES string of the molecule is COc1ccc([C@]23COc4ccccc4[C@H]2N(C)OC3)cc1. The van der Waals surface area contributed by atoms with Gasteiger partial charge in [-0.05, 0) is 23.8 Å². The van der Waals surface area contributed by atoms with Crippen LogP contribution in [0, 0.1) is 0 Å². The molecule has 4 heteroatoms. The average Bonchev–Trinajstić information content (AvgIpc) is 2.93. The molecule has 0 bridgehead atoms. The number of hydrogen-bond donors (Lipinski definition) is 0. The van der Waals surface area contributed by atoms with Crippen LogP contribution in [0.15, 0.2) is 48.5 Å². The maximum atomic E-state index is 6.06. The second-order valence-corrected chi connectivity index (χ2v) is 5.93. The number of ether oxygens (including phenoxy) is 2. The van der Waals surface area contributed by atoms with E-state index in [2.05, 4.69) is 24.3 Å². The number of hydrogen-bond acceptors (Lipinski definition) is 4. The molecule has 114 valence electrons. The van der Waals surface area contributed by atoms with Gasteiger partial charge in [-0.15, -0.1) is 0 Å². The molecule has 4 rings (SSSR count). The van der Waals surface area contributed by atoms with Crippen LogP contribution < -0.4 is 9.47 Å². The molecule has 2 aliphatic rings. The van der Waals surface area contributed by atoms with Crippen LogP contribution in [0.5, 0.6) is 11.5 Å². The summed E-state index contributed by atoms with van der Waals surface area (Å²) >= 11 is 0. The second kappa shape index (κ2) is 5.00. The predicted molar refractivity (Wildman–Crippen MR) is 83.1 cm³/mol. The summed E-state index contributed by atoms with van der Waals surface area (Å²) in [6.07, 6.45) is 0. The lowest BCUT2D eigenvalue weighted by molar-refractivity contribution is -0.111. The zero-order valence-corrected chi connectivity index (χ0v) is 12.8. The Hall–Kier alpha value is -2.04. The molecule has 2 heterocycles. The molecule has 2 aliphatic heterocycles. The van der Waals surface area contributed by atoms with E-state index in [0.717, 1.165) is 11.5 Å². The van der Waals surface area contributed by atoms with Crippen molar-refractivity contribution in [3.8, 4) is 11.5 Å². The lowest BCUT2D eigenvalue weighted by atomic mass is 9.72. The minimum absolute atomic E-state index is 0.158. The van der Waals surface area contributed by atoms with E-state index in [1.165, 1.54) is 11.1 Å². The standard InChI is InChI=1S/C18H19NO3/c1-19-17-15-5-3-4-6-16(15)21-11-18(17,12-22-19)13-7-9-14(20-2)10-8-13/h3-10,17H,11-12H2,1-2H3/t17-,18-/m1/s1. The highest BCUT2D eigenvalue weighted by Gasteiger charge is 2.53. The van der Waals surface area contributed by atoms with E-state index in [1.54, 1.807) is 7.11 Å². The van der Waals surface area contributed by atoms with Gasteiger partial charge in [-0.1, -0.05) is 30.3 Å². The first-order chi connectivity index (χ1) is 10.7. The first-order valence-electron chi connectivity index (χ1n) is 7.47. The normalized spacial score (nSPS) is 26.9. The third-order valence-corrected chi connectivity index (χ3v) is 4.78. The number of fused-ring (bicyclic) bond motifs is 3. The van der Waals surface area contributed by atoms with E-state index in [9.17, 15) is 0 Å². The number of rotatable bonds is 2. The number of methoxy groups -OCH3 is 1. The molecule has 0 aliphatic carbocycles. The van der Waals surface area contributed by atoms with E-state index in [4.69, 9.17) is 14.3 Å². The Morgan fingerprint density at radius 1 is 1.09 bits per heavy atom. The summed E-state index contributed by atoms with van der Waals surface area (Å²) in [5, 5.41) is 1.96. The summed E-state index contributed by atoms with van der Waals surface area (Å²) in [6, 6.07) is 16.6. The predicted octanol–water partition coefficient (Wildman–Crippen LogP) is 2.94. The van der Waals surface area contributed by atoms with Gasteiger partial charge in [-0.3, -0.25) is 4.84 Å². The first kappa shape index (κ1) is 13.6. The molecule has 1 saturated heterocycles. The Labute approximate surface area is 130 Å². The number of hydroxylamine groups is 2. The second-order valence-electron chi connectivity index (χ2n) is 5.93. The summed E-state index contributed by atoms with van der Waals surface area (Å²) in [5.41, 5.74) is 2.22. The van der Waals surface area contributed by atoms with E-state index >= 15 is 0 Å². The van der Waals surface area contributed by atoms with Crippen molar-refractivity contribution in [3.05, 3.63) is 59.7 Å². The van der Waals surface area contributed by atoms with Gasteiger partial charge in [0, 0.05) is 12.6 Å². The molecule has 0 saturated carbocycles. The van der Waals surface area contributed by atoms with E-state index in [0.29, 0.717) is 13.2 Å². The van der Waals surface area contributed by atoms with Crippen molar-refractivity contribution in [1.82, 2.24) is 5.06 Å². The molecule has 1 fully saturated rings. The Balaban J connectivity index is 1.82. The van der Waals surface area contributed by atoms with Gasteiger partial charge in [0.25, 0.3) is 0 Å². The minimum Gasteiger partial charge on any atom is -0.497 e. The maximum absolute atomic E-state index is 6.06. The molecule has 0 amide bonds. The fourth-order valence-corrected chi connectivity index (χ4v) is 3.62. The van der Waals surface area contributed by atoms with Gasteiger partial charge in [-0.25, -0.2) is 0 Å². The van der Waals surface area contributed by atoms with E-state index in [-0.39, 0.29) is 11.5 Å². The van der Waals surface area contributed by atoms with Crippen molar-refractivity contribution in [1.29, 1.82) is 0 Å². The molecule has 0 aromatic heterocycles. The highest BCUT2D eigenvalue weighted by Crippen LogP contribution is 2.51. The molecule has 2 atom stereocenters. The van der Waals surface area contributed by atoms with Gasteiger partial charge < -0.3 is 9.47 Å². The molecular weight excluding hydrogens is 278 g/mol. The lowest BCUT2D eigenvalue weighted by Gasteiger charge is -2.40. The quantitative estimate of drug-likeness (QED) is 0.853. The van der Waals surface area contributed by atoms with Crippen molar-refractivity contribution in [2.24, 2.45) is 0 Å². The topological polar surface area (TPSA) is 30.9 Å². The van der Waals surface area contributed by atoms with Crippen molar-refractivity contribution in [2.75, 3.05) is 27.4 Å². The molecule has 4 nitrogen and oxygen atoms in total. The van der Waals surface area contributed by atoms with Crippen LogP contribution in [-0.4, -0.2) is 32.4 Å². The minimum atomic E-state index is -0.185. The molecule has 0 N–H and O–H groups in total. The number of nitrogens with zero attached hydrogens (tertiary/aromatic N) is 1. The average molecular weight is 297 g/mol. The zero-order valence-electron chi connectivity index (χ0n) is 12.8. The zero-order chi connectivity index (χ0) is 15.2. The summed E-state index contributed by atoms with van der Waals surface area (Å²) in [7, 11) is 3.68. The highest BCUT2D eigenvalue weighted by molar-refractivity contribution is 5.45. The fraction of sp³-hybridized carbons (Fsp3) is 0.333. The highest BCUT2D eigenvalue weighted by atomic mass is 16.7. The van der Waals surface area contributed by atoms with Gasteiger partial charge in [-0.2, -0.15) is 5.06 Å². The van der Waals surface area contributed by atoms with Gasteiger partial charge in [0.15, 0.2) is 0 Å². The molecule has 2 aromatic carbocycles. The fourth-order valence-electron chi connectivity index (χ4n) is 3.62. The Morgan fingerprint density at radius 2 is 1.86 bits per heavy atom. The van der Waals surface area contributed by atoms with Crippen LogP contribution in [-0.2, 0) is 10.3 Å². The Kier molecular flexibility index (Phi) is 3.10. The monoisotopic (exact) mass is 297 g/mol. The van der Waals surface area contributed by atoms with Crippen molar-refractivity contribution < 1.29 is 14.3 Å². The number of para-hydroxylation sites is 1. The molecule has 2 aromatic rings. The van der Waals surface area contributed by atoms with E-state index < -0.39 is 0 Å². The largest absolute Gasteiger partial charge is 0.497 e. The molecule has 0 unspecified atom stereocenters. The van der Waals surface area contributed by atoms with Crippen LogP contribution >= 0.6 is 0 Å². The first-order valence-corrected chi connectivity index (χ1v) is 7.47.